The normalized spacial score (nSPS) is 10.6. The smallest absolute Gasteiger partial charge is 0.122 e. The quantitative estimate of drug-likeness (QED) is 0.899. The molecule has 0 atom stereocenters. The molecule has 18 heavy (non-hydrogen) atoms. The van der Waals surface area contributed by atoms with Gasteiger partial charge in [0.15, 0.2) is 0 Å². The first-order valence-electron chi connectivity index (χ1n) is 5.94. The number of nitrogens with zero attached hydrogens (tertiary/aromatic N) is 1. The summed E-state index contributed by atoms with van der Waals surface area (Å²) in [6.45, 7) is 2.92. The standard InChI is InChI=1S/C14H18N2OS/c1-10-4-5-13(17-3)11(6-10)7-14-16-12(8-15-2)9-18-14/h4-6,9,15H,7-8H2,1-3H3. The predicted molar refractivity (Wildman–Crippen MR) is 75.4 cm³/mol. The topological polar surface area (TPSA) is 34.1 Å². The van der Waals surface area contributed by atoms with Crippen LogP contribution in [0.25, 0.3) is 0 Å². The number of rotatable bonds is 5. The van der Waals surface area contributed by atoms with Crippen LogP contribution in [0.1, 0.15) is 21.8 Å². The molecule has 0 aliphatic carbocycles. The molecule has 0 saturated heterocycles. The van der Waals surface area contributed by atoms with Crippen LogP contribution in [-0.4, -0.2) is 19.1 Å². The number of hydrogen-bond acceptors (Lipinski definition) is 4. The van der Waals surface area contributed by atoms with E-state index in [1.165, 1.54) is 11.1 Å². The van der Waals surface area contributed by atoms with Crippen LogP contribution >= 0.6 is 11.3 Å². The van der Waals surface area contributed by atoms with Crippen molar-refractivity contribution in [2.45, 2.75) is 19.9 Å². The van der Waals surface area contributed by atoms with Crippen molar-refractivity contribution in [2.75, 3.05) is 14.2 Å². The highest BCUT2D eigenvalue weighted by molar-refractivity contribution is 7.09. The SMILES string of the molecule is CNCc1csc(Cc2cc(C)ccc2OC)n1. The molecule has 0 bridgehead atoms. The maximum Gasteiger partial charge on any atom is 0.122 e. The van der Waals surface area contributed by atoms with Crippen molar-refractivity contribution in [1.82, 2.24) is 10.3 Å². The summed E-state index contributed by atoms with van der Waals surface area (Å²) in [5.41, 5.74) is 3.55. The Morgan fingerprint density at radius 1 is 1.39 bits per heavy atom. The minimum absolute atomic E-state index is 0.821. The van der Waals surface area contributed by atoms with Gasteiger partial charge < -0.3 is 10.1 Å². The van der Waals surface area contributed by atoms with Crippen molar-refractivity contribution >= 4 is 11.3 Å². The van der Waals surface area contributed by atoms with E-state index in [4.69, 9.17) is 4.74 Å². The van der Waals surface area contributed by atoms with E-state index < -0.39 is 0 Å². The Balaban J connectivity index is 2.19. The number of nitrogens with one attached hydrogen (secondary N) is 1. The predicted octanol–water partition coefficient (Wildman–Crippen LogP) is 2.77. The molecule has 0 aliphatic heterocycles. The molecule has 1 aromatic carbocycles. The minimum atomic E-state index is 0.821. The van der Waals surface area contributed by atoms with E-state index in [0.29, 0.717) is 0 Å². The van der Waals surface area contributed by atoms with E-state index in [-0.39, 0.29) is 0 Å². The van der Waals surface area contributed by atoms with Crippen LogP contribution in [0.2, 0.25) is 0 Å². The molecule has 0 radical (unpaired) electrons. The molecule has 4 heteroatoms. The van der Waals surface area contributed by atoms with Gasteiger partial charge in [0.05, 0.1) is 17.8 Å². The van der Waals surface area contributed by atoms with Crippen molar-refractivity contribution in [3.8, 4) is 5.75 Å². The first-order valence-corrected chi connectivity index (χ1v) is 6.82. The van der Waals surface area contributed by atoms with Crippen molar-refractivity contribution in [1.29, 1.82) is 0 Å². The van der Waals surface area contributed by atoms with Gasteiger partial charge in [-0.25, -0.2) is 4.98 Å². The zero-order valence-corrected chi connectivity index (χ0v) is 11.8. The molecule has 0 amide bonds. The summed E-state index contributed by atoms with van der Waals surface area (Å²) in [6, 6.07) is 6.25. The summed E-state index contributed by atoms with van der Waals surface area (Å²) in [5.74, 6) is 0.936. The summed E-state index contributed by atoms with van der Waals surface area (Å²) < 4.78 is 5.39. The zero-order valence-electron chi connectivity index (χ0n) is 11.0. The molecule has 2 aromatic rings. The van der Waals surface area contributed by atoms with Gasteiger partial charge in [-0.2, -0.15) is 0 Å². The number of benzene rings is 1. The maximum absolute atomic E-state index is 5.39. The van der Waals surface area contributed by atoms with Crippen LogP contribution in [0, 0.1) is 6.92 Å². The van der Waals surface area contributed by atoms with Crippen LogP contribution in [-0.2, 0) is 13.0 Å². The van der Waals surface area contributed by atoms with E-state index in [1.54, 1.807) is 18.4 Å². The molecule has 0 spiro atoms. The van der Waals surface area contributed by atoms with Gasteiger partial charge in [0.25, 0.3) is 0 Å². The summed E-state index contributed by atoms with van der Waals surface area (Å²) in [5, 5.41) is 6.35. The van der Waals surface area contributed by atoms with Gasteiger partial charge in [0, 0.05) is 23.9 Å². The third-order valence-corrected chi connectivity index (χ3v) is 3.63. The van der Waals surface area contributed by atoms with Crippen molar-refractivity contribution < 1.29 is 4.74 Å². The Bertz CT molecular complexity index is 522. The average Bonchev–Trinajstić information content (AvgIpc) is 2.77. The highest BCUT2D eigenvalue weighted by atomic mass is 32.1. The van der Waals surface area contributed by atoms with Crippen LogP contribution in [0.15, 0.2) is 23.6 Å². The average molecular weight is 262 g/mol. The van der Waals surface area contributed by atoms with Crippen molar-refractivity contribution in [3.63, 3.8) is 0 Å². The summed E-state index contributed by atoms with van der Waals surface area (Å²) in [4.78, 5) is 4.60. The fraction of sp³-hybridized carbons (Fsp3) is 0.357. The molecule has 96 valence electrons. The number of methoxy groups -OCH3 is 1. The molecule has 2 rings (SSSR count). The highest BCUT2D eigenvalue weighted by Crippen LogP contribution is 2.24. The van der Waals surface area contributed by atoms with E-state index in [0.717, 1.165) is 29.4 Å². The molecule has 1 heterocycles. The lowest BCUT2D eigenvalue weighted by atomic mass is 10.1. The number of aromatic nitrogens is 1. The number of aryl methyl sites for hydroxylation is 1. The highest BCUT2D eigenvalue weighted by Gasteiger charge is 2.07. The Labute approximate surface area is 112 Å². The summed E-state index contributed by atoms with van der Waals surface area (Å²) >= 11 is 1.70. The molecule has 1 aromatic heterocycles. The molecule has 0 fully saturated rings. The number of hydrogen-bond donors (Lipinski definition) is 1. The molecular weight excluding hydrogens is 244 g/mol. The fourth-order valence-corrected chi connectivity index (χ4v) is 2.72. The van der Waals surface area contributed by atoms with E-state index in [9.17, 15) is 0 Å². The van der Waals surface area contributed by atoms with Gasteiger partial charge in [-0.05, 0) is 20.0 Å². The van der Waals surface area contributed by atoms with Crippen LogP contribution in [0.5, 0.6) is 5.75 Å². The van der Waals surface area contributed by atoms with E-state index >= 15 is 0 Å². The van der Waals surface area contributed by atoms with Gasteiger partial charge >= 0.3 is 0 Å². The number of ether oxygens (including phenoxy) is 1. The molecule has 3 nitrogen and oxygen atoms in total. The minimum Gasteiger partial charge on any atom is -0.496 e. The molecule has 1 N–H and O–H groups in total. The molecular formula is C14H18N2OS. The van der Waals surface area contributed by atoms with Crippen molar-refractivity contribution in [3.05, 3.63) is 45.4 Å². The van der Waals surface area contributed by atoms with Gasteiger partial charge in [0.2, 0.25) is 0 Å². The van der Waals surface area contributed by atoms with Gasteiger partial charge in [-0.1, -0.05) is 17.7 Å². The monoisotopic (exact) mass is 262 g/mol. The first-order chi connectivity index (χ1) is 8.72. The second-order valence-corrected chi connectivity index (χ2v) is 5.20. The first kappa shape index (κ1) is 13.1. The fourth-order valence-electron chi connectivity index (χ4n) is 1.90. The Morgan fingerprint density at radius 2 is 2.22 bits per heavy atom. The number of thiazole rings is 1. The Morgan fingerprint density at radius 3 is 2.94 bits per heavy atom. The lowest BCUT2D eigenvalue weighted by molar-refractivity contribution is 0.410. The molecule has 0 aliphatic rings. The third kappa shape index (κ3) is 3.09. The van der Waals surface area contributed by atoms with E-state index in [1.807, 2.05) is 13.1 Å². The summed E-state index contributed by atoms with van der Waals surface area (Å²) in [6.07, 6.45) is 0.833. The summed E-state index contributed by atoms with van der Waals surface area (Å²) in [7, 11) is 3.64. The Kier molecular flexibility index (Phi) is 4.33. The maximum atomic E-state index is 5.39. The molecule has 0 unspecified atom stereocenters. The second-order valence-electron chi connectivity index (χ2n) is 4.25. The lowest BCUT2D eigenvalue weighted by Gasteiger charge is -2.07. The van der Waals surface area contributed by atoms with Crippen LogP contribution in [0.3, 0.4) is 0 Å². The lowest BCUT2D eigenvalue weighted by Crippen LogP contribution is -2.05. The Hall–Kier alpha value is -1.39. The van der Waals surface area contributed by atoms with Gasteiger partial charge in [-0.15, -0.1) is 11.3 Å². The molecule has 0 saturated carbocycles. The van der Waals surface area contributed by atoms with Gasteiger partial charge in [0.1, 0.15) is 5.75 Å². The second kappa shape index (κ2) is 5.98. The van der Waals surface area contributed by atoms with Crippen LogP contribution < -0.4 is 10.1 Å². The third-order valence-electron chi connectivity index (χ3n) is 2.73. The largest absolute Gasteiger partial charge is 0.496 e. The van der Waals surface area contributed by atoms with Gasteiger partial charge in [-0.3, -0.25) is 0 Å². The van der Waals surface area contributed by atoms with Crippen LogP contribution in [0.4, 0.5) is 0 Å². The van der Waals surface area contributed by atoms with E-state index in [2.05, 4.69) is 34.7 Å². The zero-order chi connectivity index (χ0) is 13.0. The van der Waals surface area contributed by atoms with Crippen molar-refractivity contribution in [2.24, 2.45) is 0 Å².